The predicted molar refractivity (Wildman–Crippen MR) is 67.0 cm³/mol. The highest BCUT2D eigenvalue weighted by atomic mass is 79.9. The van der Waals surface area contributed by atoms with E-state index >= 15 is 0 Å². The number of hydrogen-bond donors (Lipinski definition) is 2. The monoisotopic (exact) mass is 314 g/mol. The van der Waals surface area contributed by atoms with Crippen molar-refractivity contribution in [2.45, 2.75) is 18.9 Å². The molecule has 1 atom stereocenters. The minimum Gasteiger partial charge on any atom is -0.357 e. The summed E-state index contributed by atoms with van der Waals surface area (Å²) in [6.45, 7) is 0. The molecule has 1 aliphatic rings. The molecular weight excluding hydrogens is 304 g/mol. The lowest BCUT2D eigenvalue weighted by Gasteiger charge is -2.28. The molecule has 96 valence electrons. The molecule has 0 spiro atoms. The Bertz CT molecular complexity index is 556. The van der Waals surface area contributed by atoms with Crippen molar-refractivity contribution >= 4 is 33.6 Å². The molecule has 1 unspecified atom stereocenters. The molecule has 0 bridgehead atoms. The second kappa shape index (κ2) is 4.89. The van der Waals surface area contributed by atoms with E-state index in [0.717, 1.165) is 4.90 Å². The van der Waals surface area contributed by atoms with Gasteiger partial charge in [0.05, 0.1) is 6.33 Å². The first-order valence-corrected chi connectivity index (χ1v) is 6.10. The highest BCUT2D eigenvalue weighted by Crippen LogP contribution is 2.19. The molecule has 8 heteroatoms. The standard InChI is InChI=1S/C10H11BrN4O3/c1-15-6(16)3-2-5(10(15)18)14-8-7(11)9(17)13-4-12-8/h4-5H,2-3H2,1H3,(H2,12,13,14,17). The zero-order chi connectivity index (χ0) is 13.3. The summed E-state index contributed by atoms with van der Waals surface area (Å²) in [6, 6.07) is -0.543. The van der Waals surface area contributed by atoms with E-state index in [9.17, 15) is 14.4 Å². The van der Waals surface area contributed by atoms with E-state index in [-0.39, 0.29) is 21.8 Å². The molecule has 7 nitrogen and oxygen atoms in total. The van der Waals surface area contributed by atoms with E-state index in [0.29, 0.717) is 18.7 Å². The Morgan fingerprint density at radius 3 is 2.94 bits per heavy atom. The highest BCUT2D eigenvalue weighted by molar-refractivity contribution is 9.10. The number of likely N-dealkylation sites (N-methyl/N-ethyl adjacent to an activating group) is 1. The van der Waals surface area contributed by atoms with Gasteiger partial charge in [-0.1, -0.05) is 0 Å². The van der Waals surface area contributed by atoms with Crippen molar-refractivity contribution in [3.63, 3.8) is 0 Å². The van der Waals surface area contributed by atoms with Gasteiger partial charge in [0.15, 0.2) is 0 Å². The molecule has 2 amide bonds. The number of likely N-dealkylation sites (tertiary alicyclic amines) is 1. The third-order valence-corrected chi connectivity index (χ3v) is 3.49. The number of carbonyl (C=O) groups excluding carboxylic acids is 2. The topological polar surface area (TPSA) is 95.2 Å². The Labute approximate surface area is 111 Å². The molecule has 2 N–H and O–H groups in total. The van der Waals surface area contributed by atoms with Crippen molar-refractivity contribution < 1.29 is 9.59 Å². The molecule has 1 aliphatic heterocycles. The number of rotatable bonds is 2. The molecule has 0 aromatic carbocycles. The van der Waals surface area contributed by atoms with Crippen LogP contribution in [0.4, 0.5) is 5.82 Å². The maximum Gasteiger partial charge on any atom is 0.267 e. The van der Waals surface area contributed by atoms with E-state index in [1.54, 1.807) is 0 Å². The summed E-state index contributed by atoms with van der Waals surface area (Å²) < 4.78 is 0.234. The first-order chi connectivity index (χ1) is 8.50. The summed E-state index contributed by atoms with van der Waals surface area (Å²) in [5.74, 6) is -0.226. The van der Waals surface area contributed by atoms with Gasteiger partial charge in [-0.15, -0.1) is 0 Å². The number of nitrogens with zero attached hydrogens (tertiary/aromatic N) is 2. The number of imide groups is 1. The minimum atomic E-state index is -0.543. The van der Waals surface area contributed by atoms with Crippen LogP contribution in [-0.4, -0.2) is 39.8 Å². The van der Waals surface area contributed by atoms with Gasteiger partial charge in [-0.2, -0.15) is 0 Å². The van der Waals surface area contributed by atoms with Gasteiger partial charge in [0.25, 0.3) is 11.5 Å². The molecule has 1 aromatic rings. The third-order valence-electron chi connectivity index (χ3n) is 2.76. The fourth-order valence-corrected chi connectivity index (χ4v) is 2.03. The molecule has 2 heterocycles. The lowest BCUT2D eigenvalue weighted by atomic mass is 10.0. The second-order valence-electron chi connectivity index (χ2n) is 3.92. The number of halogens is 1. The van der Waals surface area contributed by atoms with Crippen LogP contribution in [0.5, 0.6) is 0 Å². The number of piperidine rings is 1. The highest BCUT2D eigenvalue weighted by Gasteiger charge is 2.32. The molecule has 2 rings (SSSR count). The fourth-order valence-electron chi connectivity index (χ4n) is 1.70. The van der Waals surface area contributed by atoms with Crippen LogP contribution in [0.15, 0.2) is 15.6 Å². The molecule has 18 heavy (non-hydrogen) atoms. The largest absolute Gasteiger partial charge is 0.357 e. The number of hydrogen-bond acceptors (Lipinski definition) is 5. The Morgan fingerprint density at radius 1 is 1.50 bits per heavy atom. The molecule has 0 aliphatic carbocycles. The summed E-state index contributed by atoms with van der Waals surface area (Å²) in [4.78, 5) is 41.9. The Morgan fingerprint density at radius 2 is 2.22 bits per heavy atom. The van der Waals surface area contributed by atoms with Crippen LogP contribution < -0.4 is 10.9 Å². The van der Waals surface area contributed by atoms with Crippen molar-refractivity contribution in [1.29, 1.82) is 0 Å². The van der Waals surface area contributed by atoms with Gasteiger partial charge >= 0.3 is 0 Å². The quantitative estimate of drug-likeness (QED) is 0.754. The van der Waals surface area contributed by atoms with Crippen LogP contribution in [0.2, 0.25) is 0 Å². The van der Waals surface area contributed by atoms with Gasteiger partial charge in [0, 0.05) is 13.5 Å². The summed E-state index contributed by atoms with van der Waals surface area (Å²) in [6.07, 6.45) is 1.93. The van der Waals surface area contributed by atoms with Crippen LogP contribution in [0.3, 0.4) is 0 Å². The van der Waals surface area contributed by atoms with Crippen molar-refractivity contribution in [1.82, 2.24) is 14.9 Å². The average molecular weight is 315 g/mol. The maximum absolute atomic E-state index is 11.8. The summed E-state index contributed by atoms with van der Waals surface area (Å²) in [5.41, 5.74) is -0.333. The second-order valence-corrected chi connectivity index (χ2v) is 4.71. The number of aromatic amines is 1. The van der Waals surface area contributed by atoms with Crippen molar-refractivity contribution in [3.8, 4) is 0 Å². The normalized spacial score (nSPS) is 20.1. The number of aromatic nitrogens is 2. The minimum absolute atomic E-state index is 0.198. The van der Waals surface area contributed by atoms with Gasteiger partial charge in [-0.25, -0.2) is 4.98 Å². The number of amides is 2. The number of carbonyl (C=O) groups is 2. The first-order valence-electron chi connectivity index (χ1n) is 5.31. The van der Waals surface area contributed by atoms with Crippen molar-refractivity contribution in [2.75, 3.05) is 12.4 Å². The first kappa shape index (κ1) is 12.7. The molecule has 0 saturated carbocycles. The van der Waals surface area contributed by atoms with Crippen molar-refractivity contribution in [3.05, 3.63) is 21.2 Å². The van der Waals surface area contributed by atoms with Crippen LogP contribution >= 0.6 is 15.9 Å². The van der Waals surface area contributed by atoms with Crippen LogP contribution in [0, 0.1) is 0 Å². The summed E-state index contributed by atoms with van der Waals surface area (Å²) in [5, 5.41) is 2.87. The van der Waals surface area contributed by atoms with E-state index < -0.39 is 6.04 Å². The summed E-state index contributed by atoms with van der Waals surface area (Å²) in [7, 11) is 1.44. The zero-order valence-electron chi connectivity index (χ0n) is 9.57. The van der Waals surface area contributed by atoms with Gasteiger partial charge in [0.1, 0.15) is 16.3 Å². The van der Waals surface area contributed by atoms with Crippen LogP contribution in [0.25, 0.3) is 0 Å². The van der Waals surface area contributed by atoms with Gasteiger partial charge < -0.3 is 10.3 Å². The van der Waals surface area contributed by atoms with E-state index in [2.05, 4.69) is 31.2 Å². The van der Waals surface area contributed by atoms with E-state index in [1.807, 2.05) is 0 Å². The smallest absolute Gasteiger partial charge is 0.267 e. The Balaban J connectivity index is 2.19. The molecule has 1 fully saturated rings. The Kier molecular flexibility index (Phi) is 3.46. The summed E-state index contributed by atoms with van der Waals surface area (Å²) >= 11 is 3.09. The molecular formula is C10H11BrN4O3. The molecule has 1 saturated heterocycles. The zero-order valence-corrected chi connectivity index (χ0v) is 11.2. The molecule has 0 radical (unpaired) electrons. The fraction of sp³-hybridized carbons (Fsp3) is 0.400. The SMILES string of the molecule is CN1C(=O)CCC(Nc2nc[nH]c(=O)c2Br)C1=O. The lowest BCUT2D eigenvalue weighted by Crippen LogP contribution is -2.48. The number of nitrogens with one attached hydrogen (secondary N) is 2. The number of H-pyrrole nitrogens is 1. The van der Waals surface area contributed by atoms with Crippen LogP contribution in [0.1, 0.15) is 12.8 Å². The van der Waals surface area contributed by atoms with Crippen LogP contribution in [-0.2, 0) is 9.59 Å². The maximum atomic E-state index is 11.8. The van der Waals surface area contributed by atoms with Gasteiger partial charge in [0.2, 0.25) is 5.91 Å². The number of anilines is 1. The van der Waals surface area contributed by atoms with Gasteiger partial charge in [-0.3, -0.25) is 19.3 Å². The van der Waals surface area contributed by atoms with E-state index in [4.69, 9.17) is 0 Å². The Hall–Kier alpha value is -1.70. The predicted octanol–water partition coefficient (Wildman–Crippen LogP) is 0.0917. The lowest BCUT2D eigenvalue weighted by molar-refractivity contribution is -0.146. The van der Waals surface area contributed by atoms with Crippen molar-refractivity contribution in [2.24, 2.45) is 0 Å². The van der Waals surface area contributed by atoms with E-state index in [1.165, 1.54) is 13.4 Å². The average Bonchev–Trinajstić information content (AvgIpc) is 2.35. The third kappa shape index (κ3) is 2.28. The van der Waals surface area contributed by atoms with Gasteiger partial charge in [-0.05, 0) is 22.4 Å². The molecule has 1 aromatic heterocycles.